The van der Waals surface area contributed by atoms with Crippen LogP contribution in [-0.2, 0) is 12.5 Å². The molecule has 1 atom stereocenters. The van der Waals surface area contributed by atoms with E-state index in [1.165, 1.54) is 7.11 Å². The number of nitrogens with one attached hydrogen (secondary N) is 1. The Balaban J connectivity index is 1.60. The van der Waals surface area contributed by atoms with Crippen LogP contribution >= 0.6 is 0 Å². The zero-order valence-electron chi connectivity index (χ0n) is 18.0. The molecule has 4 aromatic rings. The van der Waals surface area contributed by atoms with Crippen molar-refractivity contribution in [3.05, 3.63) is 77.5 Å². The fraction of sp³-hybridized carbons (Fsp3) is 0.238. The standard InChI is InChI=1S/C21H20F2N8O2/c1-21(17-6-4-5-9-24-17,14-11-26-30(2)20(14)33-3)12-25-19(32)18-27-29-31(28-18)16-8-7-13(22)10-15(16)23/h4-11H,12H2,1-3H3,(H,25,32). The summed E-state index contributed by atoms with van der Waals surface area (Å²) in [6, 6.07) is 8.37. The predicted octanol–water partition coefficient (Wildman–Crippen LogP) is 1.81. The highest BCUT2D eigenvalue weighted by molar-refractivity contribution is 5.90. The molecule has 0 fully saturated rings. The van der Waals surface area contributed by atoms with Crippen LogP contribution in [0.2, 0.25) is 0 Å². The fourth-order valence-corrected chi connectivity index (χ4v) is 3.45. The summed E-state index contributed by atoms with van der Waals surface area (Å²) in [6.07, 6.45) is 3.31. The zero-order valence-corrected chi connectivity index (χ0v) is 18.0. The smallest absolute Gasteiger partial charge is 0.292 e. The quantitative estimate of drug-likeness (QED) is 0.453. The van der Waals surface area contributed by atoms with Crippen molar-refractivity contribution in [3.8, 4) is 11.6 Å². The summed E-state index contributed by atoms with van der Waals surface area (Å²) < 4.78 is 34.3. The second kappa shape index (κ2) is 8.73. The molecule has 170 valence electrons. The van der Waals surface area contributed by atoms with Crippen LogP contribution in [0.5, 0.6) is 5.88 Å². The third-order valence-electron chi connectivity index (χ3n) is 5.25. The highest BCUT2D eigenvalue weighted by Gasteiger charge is 2.36. The van der Waals surface area contributed by atoms with E-state index >= 15 is 0 Å². The molecule has 4 rings (SSSR count). The van der Waals surface area contributed by atoms with Crippen LogP contribution in [0.3, 0.4) is 0 Å². The highest BCUT2D eigenvalue weighted by atomic mass is 19.1. The van der Waals surface area contributed by atoms with Crippen LogP contribution in [0.1, 0.15) is 28.8 Å². The first-order valence-corrected chi connectivity index (χ1v) is 9.85. The number of rotatable bonds is 7. The van der Waals surface area contributed by atoms with Crippen LogP contribution in [-0.4, -0.2) is 54.5 Å². The topological polar surface area (TPSA) is 113 Å². The first kappa shape index (κ1) is 22.0. The SMILES string of the molecule is COc1c(C(C)(CNC(=O)c2nnn(-c3ccc(F)cc3F)n2)c2ccccn2)cnn1C. The van der Waals surface area contributed by atoms with E-state index in [1.807, 2.05) is 19.1 Å². The molecule has 1 amide bonds. The Labute approximate surface area is 187 Å². The Bertz CT molecular complexity index is 1290. The van der Waals surface area contributed by atoms with E-state index in [9.17, 15) is 13.6 Å². The van der Waals surface area contributed by atoms with Crippen molar-refractivity contribution in [2.45, 2.75) is 12.3 Å². The van der Waals surface area contributed by atoms with E-state index in [4.69, 9.17) is 4.74 Å². The van der Waals surface area contributed by atoms with Gasteiger partial charge in [0.05, 0.1) is 24.4 Å². The first-order valence-electron chi connectivity index (χ1n) is 9.85. The molecule has 0 aliphatic rings. The van der Waals surface area contributed by atoms with Crippen molar-refractivity contribution in [3.63, 3.8) is 0 Å². The van der Waals surface area contributed by atoms with Gasteiger partial charge in [-0.1, -0.05) is 6.07 Å². The van der Waals surface area contributed by atoms with Crippen LogP contribution in [0.15, 0.2) is 48.8 Å². The minimum atomic E-state index is -0.884. The molecular weight excluding hydrogens is 434 g/mol. The normalized spacial score (nSPS) is 12.9. The molecule has 0 aliphatic heterocycles. The van der Waals surface area contributed by atoms with E-state index in [0.717, 1.165) is 22.5 Å². The number of halogens is 2. The lowest BCUT2D eigenvalue weighted by Gasteiger charge is -2.29. The van der Waals surface area contributed by atoms with E-state index in [2.05, 4.69) is 30.8 Å². The summed E-state index contributed by atoms with van der Waals surface area (Å²) >= 11 is 0. The van der Waals surface area contributed by atoms with E-state index in [0.29, 0.717) is 17.6 Å². The second-order valence-corrected chi connectivity index (χ2v) is 7.42. The van der Waals surface area contributed by atoms with E-state index < -0.39 is 23.0 Å². The Morgan fingerprint density at radius 2 is 2.06 bits per heavy atom. The van der Waals surface area contributed by atoms with Crippen molar-refractivity contribution in [1.82, 2.24) is 40.3 Å². The minimum absolute atomic E-state index is 0.102. The molecule has 0 bridgehead atoms. The summed E-state index contributed by atoms with van der Waals surface area (Å²) in [5.74, 6) is -2.01. The second-order valence-electron chi connectivity index (χ2n) is 7.42. The molecule has 12 heteroatoms. The Kier molecular flexibility index (Phi) is 5.82. The summed E-state index contributed by atoms with van der Waals surface area (Å²) in [4.78, 5) is 18.1. The average molecular weight is 454 g/mol. The Morgan fingerprint density at radius 3 is 2.76 bits per heavy atom. The molecule has 33 heavy (non-hydrogen) atoms. The van der Waals surface area contributed by atoms with Crippen molar-refractivity contribution in [1.29, 1.82) is 0 Å². The number of tetrazole rings is 1. The number of benzene rings is 1. The molecule has 0 radical (unpaired) electrons. The third kappa shape index (κ3) is 4.14. The first-order chi connectivity index (χ1) is 15.8. The highest BCUT2D eigenvalue weighted by Crippen LogP contribution is 2.36. The van der Waals surface area contributed by atoms with Gasteiger partial charge in [-0.2, -0.15) is 5.10 Å². The number of pyridine rings is 1. The van der Waals surface area contributed by atoms with Gasteiger partial charge >= 0.3 is 0 Å². The number of carbonyl (C=O) groups excluding carboxylic acids is 1. The molecule has 0 saturated heterocycles. The van der Waals surface area contributed by atoms with Crippen molar-refractivity contribution in [2.75, 3.05) is 13.7 Å². The number of aromatic nitrogens is 7. The molecule has 0 saturated carbocycles. The number of aryl methyl sites for hydroxylation is 1. The van der Waals surface area contributed by atoms with Crippen molar-refractivity contribution < 1.29 is 18.3 Å². The van der Waals surface area contributed by atoms with Gasteiger partial charge in [-0.15, -0.1) is 15.0 Å². The third-order valence-corrected chi connectivity index (χ3v) is 5.25. The maximum Gasteiger partial charge on any atom is 0.292 e. The van der Waals surface area contributed by atoms with Gasteiger partial charge in [-0.25, -0.2) is 13.5 Å². The van der Waals surface area contributed by atoms with Gasteiger partial charge in [0.1, 0.15) is 11.5 Å². The number of amides is 1. The van der Waals surface area contributed by atoms with Crippen LogP contribution in [0.4, 0.5) is 8.78 Å². The minimum Gasteiger partial charge on any atom is -0.481 e. The fourth-order valence-electron chi connectivity index (χ4n) is 3.45. The Morgan fingerprint density at radius 1 is 1.24 bits per heavy atom. The van der Waals surface area contributed by atoms with Gasteiger partial charge < -0.3 is 10.1 Å². The zero-order chi connectivity index (χ0) is 23.6. The monoisotopic (exact) mass is 454 g/mol. The lowest BCUT2D eigenvalue weighted by atomic mass is 9.80. The Hall–Kier alpha value is -4.22. The molecular formula is C21H20F2N8O2. The lowest BCUT2D eigenvalue weighted by molar-refractivity contribution is 0.0936. The molecule has 10 nitrogen and oxygen atoms in total. The van der Waals surface area contributed by atoms with Gasteiger partial charge in [0.15, 0.2) is 5.82 Å². The van der Waals surface area contributed by atoms with Gasteiger partial charge in [-0.05, 0) is 36.4 Å². The molecule has 1 aromatic carbocycles. The van der Waals surface area contributed by atoms with Gasteiger partial charge in [0.25, 0.3) is 11.7 Å². The van der Waals surface area contributed by atoms with Gasteiger partial charge in [-0.3, -0.25) is 9.78 Å². The molecule has 0 spiro atoms. The van der Waals surface area contributed by atoms with Crippen LogP contribution in [0.25, 0.3) is 5.69 Å². The molecule has 1 N–H and O–H groups in total. The summed E-state index contributed by atoms with van der Waals surface area (Å²) in [5.41, 5.74) is 0.453. The largest absolute Gasteiger partial charge is 0.481 e. The van der Waals surface area contributed by atoms with E-state index in [-0.39, 0.29) is 18.1 Å². The van der Waals surface area contributed by atoms with Crippen molar-refractivity contribution in [2.24, 2.45) is 7.05 Å². The molecule has 0 aliphatic carbocycles. The number of methoxy groups -OCH3 is 1. The lowest BCUT2D eigenvalue weighted by Crippen LogP contribution is -2.40. The van der Waals surface area contributed by atoms with E-state index in [1.54, 1.807) is 30.2 Å². The van der Waals surface area contributed by atoms with Crippen LogP contribution in [0, 0.1) is 11.6 Å². The van der Waals surface area contributed by atoms with Gasteiger partial charge in [0.2, 0.25) is 5.88 Å². The predicted molar refractivity (Wildman–Crippen MR) is 112 cm³/mol. The number of nitrogens with zero attached hydrogens (tertiary/aromatic N) is 7. The summed E-state index contributed by atoms with van der Waals surface area (Å²) in [7, 11) is 3.28. The average Bonchev–Trinajstić information content (AvgIpc) is 3.45. The van der Waals surface area contributed by atoms with Crippen LogP contribution < -0.4 is 10.1 Å². The number of ether oxygens (including phenoxy) is 1. The number of hydrogen-bond donors (Lipinski definition) is 1. The van der Waals surface area contributed by atoms with Crippen molar-refractivity contribution >= 4 is 5.91 Å². The molecule has 3 aromatic heterocycles. The molecule has 1 unspecified atom stereocenters. The summed E-state index contributed by atoms with van der Waals surface area (Å²) in [5, 5.41) is 18.4. The summed E-state index contributed by atoms with van der Waals surface area (Å²) in [6.45, 7) is 2.00. The van der Waals surface area contributed by atoms with Gasteiger partial charge in [0, 0.05) is 31.4 Å². The maximum absolute atomic E-state index is 14.0. The molecule has 3 heterocycles. The number of carbonyl (C=O) groups is 1. The number of hydrogen-bond acceptors (Lipinski definition) is 7. The maximum atomic E-state index is 14.0.